The van der Waals surface area contributed by atoms with Gasteiger partial charge in [-0.25, -0.2) is 4.79 Å². The van der Waals surface area contributed by atoms with Gasteiger partial charge in [-0.1, -0.05) is 0 Å². The van der Waals surface area contributed by atoms with Crippen LogP contribution in [0.5, 0.6) is 0 Å². The van der Waals surface area contributed by atoms with Crippen LogP contribution in [-0.2, 0) is 14.3 Å². The van der Waals surface area contributed by atoms with Gasteiger partial charge in [0.15, 0.2) is 0 Å². The molecular formula is C18H31NO4. The van der Waals surface area contributed by atoms with Crippen molar-refractivity contribution in [2.75, 3.05) is 19.8 Å². The van der Waals surface area contributed by atoms with Crippen LogP contribution in [0.3, 0.4) is 0 Å². The SMILES string of the molecule is CC(C)(C)OC(=O)N(CCC1CCC(=O)CC1)C1CCOCC1. The summed E-state index contributed by atoms with van der Waals surface area (Å²) in [6.07, 6.45) is 5.84. The maximum atomic E-state index is 12.6. The summed E-state index contributed by atoms with van der Waals surface area (Å²) >= 11 is 0. The van der Waals surface area contributed by atoms with Crippen molar-refractivity contribution in [1.82, 2.24) is 4.90 Å². The predicted molar refractivity (Wildman–Crippen MR) is 88.4 cm³/mol. The van der Waals surface area contributed by atoms with Crippen LogP contribution in [0.2, 0.25) is 0 Å². The molecule has 1 saturated heterocycles. The molecule has 2 aliphatic rings. The fraction of sp³-hybridized carbons (Fsp3) is 0.889. The summed E-state index contributed by atoms with van der Waals surface area (Å²) in [5.41, 5.74) is -0.474. The maximum absolute atomic E-state index is 12.6. The molecule has 0 aromatic rings. The Morgan fingerprint density at radius 1 is 1.17 bits per heavy atom. The van der Waals surface area contributed by atoms with E-state index in [1.807, 2.05) is 25.7 Å². The van der Waals surface area contributed by atoms with E-state index in [1.165, 1.54) is 0 Å². The van der Waals surface area contributed by atoms with Gasteiger partial charge in [-0.2, -0.15) is 0 Å². The molecule has 0 aromatic carbocycles. The van der Waals surface area contributed by atoms with E-state index in [9.17, 15) is 9.59 Å². The standard InChI is InChI=1S/C18H31NO4/c1-18(2,3)23-17(21)19(15-9-12-22-13-10-15)11-8-14-4-6-16(20)7-5-14/h14-15H,4-13H2,1-3H3. The van der Waals surface area contributed by atoms with E-state index in [0.717, 1.165) is 38.6 Å². The summed E-state index contributed by atoms with van der Waals surface area (Å²) in [5, 5.41) is 0. The van der Waals surface area contributed by atoms with Crippen molar-refractivity contribution in [3.63, 3.8) is 0 Å². The van der Waals surface area contributed by atoms with Gasteiger partial charge in [0.25, 0.3) is 0 Å². The third-order valence-corrected chi connectivity index (χ3v) is 4.70. The van der Waals surface area contributed by atoms with E-state index < -0.39 is 5.60 Å². The molecule has 1 aliphatic heterocycles. The van der Waals surface area contributed by atoms with Crippen molar-refractivity contribution in [2.24, 2.45) is 5.92 Å². The minimum absolute atomic E-state index is 0.212. The highest BCUT2D eigenvalue weighted by Crippen LogP contribution is 2.26. The van der Waals surface area contributed by atoms with Gasteiger partial charge in [0, 0.05) is 38.6 Å². The van der Waals surface area contributed by atoms with Gasteiger partial charge < -0.3 is 14.4 Å². The van der Waals surface area contributed by atoms with Crippen molar-refractivity contribution in [3.8, 4) is 0 Å². The van der Waals surface area contributed by atoms with Gasteiger partial charge in [-0.05, 0) is 58.8 Å². The predicted octanol–water partition coefficient (Wildman–Crippen LogP) is 3.55. The molecule has 132 valence electrons. The van der Waals surface area contributed by atoms with Crippen LogP contribution in [0.25, 0.3) is 0 Å². The highest BCUT2D eigenvalue weighted by molar-refractivity contribution is 5.79. The third kappa shape index (κ3) is 6.13. The van der Waals surface area contributed by atoms with Gasteiger partial charge in [-0.3, -0.25) is 4.79 Å². The molecule has 2 rings (SSSR count). The Morgan fingerprint density at radius 2 is 1.78 bits per heavy atom. The zero-order valence-electron chi connectivity index (χ0n) is 14.8. The molecule has 0 bridgehead atoms. The highest BCUT2D eigenvalue weighted by atomic mass is 16.6. The first-order chi connectivity index (χ1) is 10.8. The fourth-order valence-corrected chi connectivity index (χ4v) is 3.35. The summed E-state index contributed by atoms with van der Waals surface area (Å²) in [6, 6.07) is 0.212. The van der Waals surface area contributed by atoms with E-state index in [0.29, 0.717) is 37.8 Å². The molecule has 0 spiro atoms. The van der Waals surface area contributed by atoms with E-state index in [4.69, 9.17) is 9.47 Å². The van der Waals surface area contributed by atoms with E-state index in [1.54, 1.807) is 0 Å². The summed E-state index contributed by atoms with van der Waals surface area (Å²) < 4.78 is 11.0. The van der Waals surface area contributed by atoms with Crippen LogP contribution in [0.4, 0.5) is 4.79 Å². The zero-order chi connectivity index (χ0) is 16.9. The van der Waals surface area contributed by atoms with Gasteiger partial charge in [0.2, 0.25) is 0 Å². The van der Waals surface area contributed by atoms with Crippen molar-refractivity contribution in [2.45, 2.75) is 77.4 Å². The molecule has 0 aromatic heterocycles. The summed E-state index contributed by atoms with van der Waals surface area (Å²) in [5.74, 6) is 0.937. The van der Waals surface area contributed by atoms with Crippen LogP contribution in [0.1, 0.15) is 65.7 Å². The summed E-state index contributed by atoms with van der Waals surface area (Å²) in [4.78, 5) is 25.9. The van der Waals surface area contributed by atoms with Crippen LogP contribution in [0, 0.1) is 5.92 Å². The zero-order valence-corrected chi connectivity index (χ0v) is 14.8. The number of ketones is 1. The average molecular weight is 325 g/mol. The van der Waals surface area contributed by atoms with Crippen LogP contribution >= 0.6 is 0 Å². The van der Waals surface area contributed by atoms with Crippen LogP contribution in [0.15, 0.2) is 0 Å². The number of rotatable bonds is 4. The number of hydrogen-bond donors (Lipinski definition) is 0. The summed E-state index contributed by atoms with van der Waals surface area (Å²) in [7, 11) is 0. The lowest BCUT2D eigenvalue weighted by Crippen LogP contribution is -2.46. The molecule has 1 saturated carbocycles. The first-order valence-electron chi connectivity index (χ1n) is 8.94. The fourth-order valence-electron chi connectivity index (χ4n) is 3.35. The Bertz CT molecular complexity index is 400. The molecule has 0 atom stereocenters. The van der Waals surface area contributed by atoms with Gasteiger partial charge in [0.05, 0.1) is 0 Å². The molecule has 23 heavy (non-hydrogen) atoms. The lowest BCUT2D eigenvalue weighted by molar-refractivity contribution is -0.121. The van der Waals surface area contributed by atoms with E-state index in [2.05, 4.69) is 0 Å². The number of carbonyl (C=O) groups is 2. The second kappa shape index (κ2) is 8.13. The molecule has 5 heteroatoms. The first kappa shape index (κ1) is 18.2. The minimum Gasteiger partial charge on any atom is -0.444 e. The van der Waals surface area contributed by atoms with E-state index >= 15 is 0 Å². The number of hydrogen-bond acceptors (Lipinski definition) is 4. The molecule has 1 amide bonds. The second-order valence-corrected chi connectivity index (χ2v) is 7.79. The summed E-state index contributed by atoms with van der Waals surface area (Å²) in [6.45, 7) is 7.85. The van der Waals surface area contributed by atoms with Gasteiger partial charge in [-0.15, -0.1) is 0 Å². The second-order valence-electron chi connectivity index (χ2n) is 7.79. The Hall–Kier alpha value is -1.10. The van der Waals surface area contributed by atoms with Crippen LogP contribution < -0.4 is 0 Å². The molecule has 0 radical (unpaired) electrons. The van der Waals surface area contributed by atoms with Gasteiger partial charge in [0.1, 0.15) is 11.4 Å². The Labute approximate surface area is 139 Å². The van der Waals surface area contributed by atoms with Crippen LogP contribution in [-0.4, -0.2) is 48.2 Å². The van der Waals surface area contributed by atoms with E-state index in [-0.39, 0.29) is 12.1 Å². The maximum Gasteiger partial charge on any atom is 0.410 e. The monoisotopic (exact) mass is 325 g/mol. The number of amides is 1. The molecular weight excluding hydrogens is 294 g/mol. The Balaban J connectivity index is 1.92. The number of ether oxygens (including phenoxy) is 2. The first-order valence-corrected chi connectivity index (χ1v) is 8.94. The quantitative estimate of drug-likeness (QED) is 0.793. The minimum atomic E-state index is -0.474. The van der Waals surface area contributed by atoms with Crippen molar-refractivity contribution in [1.29, 1.82) is 0 Å². The molecule has 2 fully saturated rings. The average Bonchev–Trinajstić information content (AvgIpc) is 2.48. The Kier molecular flexibility index (Phi) is 6.45. The largest absolute Gasteiger partial charge is 0.444 e. The third-order valence-electron chi connectivity index (χ3n) is 4.70. The molecule has 0 N–H and O–H groups in total. The number of Topliss-reactive ketones (excluding diaryl/α,β-unsaturated/α-hetero) is 1. The molecule has 1 heterocycles. The topological polar surface area (TPSA) is 55.8 Å². The lowest BCUT2D eigenvalue weighted by atomic mass is 9.86. The number of nitrogens with zero attached hydrogens (tertiary/aromatic N) is 1. The highest BCUT2D eigenvalue weighted by Gasteiger charge is 2.30. The molecule has 5 nitrogen and oxygen atoms in total. The molecule has 1 aliphatic carbocycles. The molecule has 0 unspecified atom stereocenters. The number of carbonyl (C=O) groups excluding carboxylic acids is 2. The van der Waals surface area contributed by atoms with Crippen molar-refractivity contribution < 1.29 is 19.1 Å². The lowest BCUT2D eigenvalue weighted by Gasteiger charge is -2.36. The normalized spacial score (nSPS) is 21.3. The van der Waals surface area contributed by atoms with Crippen molar-refractivity contribution in [3.05, 3.63) is 0 Å². The Morgan fingerprint density at radius 3 is 2.35 bits per heavy atom. The van der Waals surface area contributed by atoms with Crippen molar-refractivity contribution >= 4 is 11.9 Å². The van der Waals surface area contributed by atoms with Gasteiger partial charge >= 0.3 is 6.09 Å². The smallest absolute Gasteiger partial charge is 0.410 e.